The summed E-state index contributed by atoms with van der Waals surface area (Å²) >= 11 is 3.42. The molecule has 0 aromatic heterocycles. The molecule has 0 fully saturated rings. The number of methoxy groups -OCH3 is 3. The Morgan fingerprint density at radius 2 is 1.70 bits per heavy atom. The first kappa shape index (κ1) is 29.0. The van der Waals surface area contributed by atoms with Crippen molar-refractivity contribution in [3.63, 3.8) is 0 Å². The zero-order valence-corrected chi connectivity index (χ0v) is 23.3. The van der Waals surface area contributed by atoms with E-state index in [4.69, 9.17) is 23.7 Å². The van der Waals surface area contributed by atoms with Crippen LogP contribution in [0.4, 0.5) is 4.39 Å². The quantitative estimate of drug-likeness (QED) is 0.312. The number of hydrogen-bond donors (Lipinski definition) is 1. The zero-order chi connectivity index (χ0) is 26.6. The molecule has 0 aliphatic carbocycles. The minimum atomic E-state index is -0.551. The number of hydrogen-bond acceptors (Lipinski definition) is 7. The number of carbonyl (C=O) groups excluding carboxylic acids is 1. The second-order valence-corrected chi connectivity index (χ2v) is 9.52. The molecule has 0 atom stereocenters. The number of nitrogens with zero attached hydrogens (tertiary/aromatic N) is 1. The predicted molar refractivity (Wildman–Crippen MR) is 143 cm³/mol. The van der Waals surface area contributed by atoms with Gasteiger partial charge < -0.3 is 29.0 Å². The number of nitrogens with one attached hydrogen (secondary N) is 1. The van der Waals surface area contributed by atoms with E-state index >= 15 is 0 Å². The van der Waals surface area contributed by atoms with E-state index in [1.54, 1.807) is 26.4 Å². The molecule has 8 nitrogen and oxygen atoms in total. The molecule has 2 aromatic carbocycles. The summed E-state index contributed by atoms with van der Waals surface area (Å²) in [5.41, 5.74) is 2.94. The monoisotopic (exact) mass is 581 g/mol. The first-order valence-corrected chi connectivity index (χ1v) is 13.2. The van der Waals surface area contributed by atoms with Crippen molar-refractivity contribution in [2.75, 3.05) is 67.5 Å². The SMILES string of the molecule is COc1cc2c(cc1OC)CN(CCCCNC(=O)c1cc(Br)cc(OC)c1OCCOCC[18F])CC2. The molecule has 1 heterocycles. The largest absolute Gasteiger partial charge is 0.493 e. The van der Waals surface area contributed by atoms with Crippen molar-refractivity contribution in [1.82, 2.24) is 10.2 Å². The number of carbonyl (C=O) groups is 1. The van der Waals surface area contributed by atoms with Crippen molar-refractivity contribution in [2.24, 2.45) is 0 Å². The summed E-state index contributed by atoms with van der Waals surface area (Å²) < 4.78 is 40.1. The molecule has 2 aromatic rings. The standard InChI is InChI=1S/C27H36BrFN2O6/c1-33-23-14-19-6-10-31(18-20(19)15-24(23)34-2)9-5-4-8-30-27(32)22-16-21(28)17-25(35-3)26(22)37-13-12-36-11-7-29/h14-17H,4-13,18H2,1-3H3,(H,30,32)/i29-1. The lowest BCUT2D eigenvalue weighted by atomic mass is 9.98. The number of ether oxygens (including phenoxy) is 5. The Balaban J connectivity index is 1.48. The third-order valence-corrected chi connectivity index (χ3v) is 6.62. The molecule has 0 saturated carbocycles. The summed E-state index contributed by atoms with van der Waals surface area (Å²) in [4.78, 5) is 15.4. The topological polar surface area (TPSA) is 78.5 Å². The Morgan fingerprint density at radius 3 is 2.41 bits per heavy atom. The highest BCUT2D eigenvalue weighted by Gasteiger charge is 2.20. The maximum absolute atomic E-state index is 13.0. The predicted octanol–water partition coefficient (Wildman–Crippen LogP) is 4.41. The number of unbranched alkanes of at least 4 members (excludes halogenated alkanes) is 1. The highest BCUT2D eigenvalue weighted by atomic mass is 79.9. The fourth-order valence-electron chi connectivity index (χ4n) is 4.29. The third kappa shape index (κ3) is 8.21. The van der Waals surface area contributed by atoms with Gasteiger partial charge in [0.2, 0.25) is 0 Å². The smallest absolute Gasteiger partial charge is 0.255 e. The van der Waals surface area contributed by atoms with E-state index in [0.29, 0.717) is 28.1 Å². The van der Waals surface area contributed by atoms with Crippen LogP contribution in [0.3, 0.4) is 0 Å². The van der Waals surface area contributed by atoms with Gasteiger partial charge >= 0.3 is 0 Å². The zero-order valence-electron chi connectivity index (χ0n) is 21.7. The maximum atomic E-state index is 13.0. The van der Waals surface area contributed by atoms with E-state index in [1.807, 2.05) is 0 Å². The van der Waals surface area contributed by atoms with Gasteiger partial charge in [0.15, 0.2) is 23.0 Å². The van der Waals surface area contributed by atoms with Crippen LogP contribution < -0.4 is 24.3 Å². The molecule has 204 valence electrons. The van der Waals surface area contributed by atoms with Crippen LogP contribution in [0.25, 0.3) is 0 Å². The molecule has 1 aliphatic rings. The molecule has 1 aliphatic heterocycles. The van der Waals surface area contributed by atoms with Crippen LogP contribution in [0.5, 0.6) is 23.0 Å². The van der Waals surface area contributed by atoms with Gasteiger partial charge in [0.25, 0.3) is 5.91 Å². The number of amides is 1. The molecular weight excluding hydrogens is 546 g/mol. The van der Waals surface area contributed by atoms with Crippen LogP contribution in [0.15, 0.2) is 28.7 Å². The number of rotatable bonds is 15. The average molecular weight is 582 g/mol. The molecule has 10 heteroatoms. The molecule has 1 N–H and O–H groups in total. The molecule has 37 heavy (non-hydrogen) atoms. The lowest BCUT2D eigenvalue weighted by molar-refractivity contribution is 0.0864. The van der Waals surface area contributed by atoms with Gasteiger partial charge in [-0.3, -0.25) is 9.69 Å². The fourth-order valence-corrected chi connectivity index (χ4v) is 4.72. The molecular formula is C27H36BrFN2O6. The molecule has 3 rings (SSSR count). The van der Waals surface area contributed by atoms with Crippen LogP contribution in [0.2, 0.25) is 0 Å². The van der Waals surface area contributed by atoms with Crippen LogP contribution in [0, 0.1) is 0 Å². The van der Waals surface area contributed by atoms with Crippen molar-refractivity contribution in [2.45, 2.75) is 25.8 Å². The highest BCUT2D eigenvalue weighted by molar-refractivity contribution is 9.10. The highest BCUT2D eigenvalue weighted by Crippen LogP contribution is 2.35. The summed E-state index contributed by atoms with van der Waals surface area (Å²) in [5, 5.41) is 2.98. The molecule has 0 radical (unpaired) electrons. The van der Waals surface area contributed by atoms with Crippen LogP contribution >= 0.6 is 15.9 Å². The number of alkyl halides is 1. The molecule has 0 unspecified atom stereocenters. The number of fused-ring (bicyclic) bond motifs is 1. The van der Waals surface area contributed by atoms with Gasteiger partial charge in [-0.25, -0.2) is 4.39 Å². The van der Waals surface area contributed by atoms with Gasteiger partial charge in [-0.2, -0.15) is 0 Å². The summed E-state index contributed by atoms with van der Waals surface area (Å²) in [5.74, 6) is 2.06. The van der Waals surface area contributed by atoms with Gasteiger partial charge in [0.05, 0.1) is 40.1 Å². The van der Waals surface area contributed by atoms with E-state index in [2.05, 4.69) is 38.3 Å². The van der Waals surface area contributed by atoms with Gasteiger partial charge in [-0.15, -0.1) is 0 Å². The van der Waals surface area contributed by atoms with E-state index in [1.165, 1.54) is 18.2 Å². The first-order valence-electron chi connectivity index (χ1n) is 12.4. The molecule has 0 spiro atoms. The fraction of sp³-hybridized carbons (Fsp3) is 0.519. The Labute approximate surface area is 226 Å². The van der Waals surface area contributed by atoms with Crippen molar-refractivity contribution in [3.05, 3.63) is 45.4 Å². The number of benzene rings is 2. The average Bonchev–Trinajstić information content (AvgIpc) is 2.91. The van der Waals surface area contributed by atoms with Crippen molar-refractivity contribution in [1.29, 1.82) is 0 Å². The Bertz CT molecular complexity index is 1040. The maximum Gasteiger partial charge on any atom is 0.255 e. The second-order valence-electron chi connectivity index (χ2n) is 8.60. The summed E-state index contributed by atoms with van der Waals surface area (Å²) in [6, 6.07) is 7.58. The lowest BCUT2D eigenvalue weighted by Crippen LogP contribution is -2.32. The van der Waals surface area contributed by atoms with Gasteiger partial charge in [-0.1, -0.05) is 15.9 Å². The van der Waals surface area contributed by atoms with Gasteiger partial charge in [0.1, 0.15) is 13.3 Å². The summed E-state index contributed by atoms with van der Waals surface area (Å²) in [6.45, 7) is 3.20. The van der Waals surface area contributed by atoms with E-state index in [-0.39, 0.29) is 25.7 Å². The number of halogens is 2. The summed E-state index contributed by atoms with van der Waals surface area (Å²) in [6.07, 6.45) is 2.78. The second kappa shape index (κ2) is 15.0. The molecule has 0 bridgehead atoms. The minimum absolute atomic E-state index is 0.0149. The van der Waals surface area contributed by atoms with E-state index < -0.39 is 6.67 Å². The molecule has 0 saturated heterocycles. The Morgan fingerprint density at radius 1 is 0.973 bits per heavy atom. The molecule has 1 amide bonds. The summed E-state index contributed by atoms with van der Waals surface area (Å²) in [7, 11) is 4.83. The van der Waals surface area contributed by atoms with Crippen LogP contribution in [-0.4, -0.2) is 78.3 Å². The third-order valence-electron chi connectivity index (χ3n) is 6.16. The van der Waals surface area contributed by atoms with Crippen molar-refractivity contribution in [3.8, 4) is 23.0 Å². The first-order chi connectivity index (χ1) is 18.0. The van der Waals surface area contributed by atoms with Crippen LogP contribution in [0.1, 0.15) is 34.3 Å². The Hall–Kier alpha value is -2.56. The van der Waals surface area contributed by atoms with Crippen molar-refractivity contribution < 1.29 is 32.9 Å². The lowest BCUT2D eigenvalue weighted by Gasteiger charge is -2.29. The van der Waals surface area contributed by atoms with E-state index in [9.17, 15) is 9.18 Å². The minimum Gasteiger partial charge on any atom is -0.493 e. The van der Waals surface area contributed by atoms with E-state index in [0.717, 1.165) is 50.4 Å². The van der Waals surface area contributed by atoms with Gasteiger partial charge in [-0.05, 0) is 61.2 Å². The normalized spacial score (nSPS) is 13.1. The Kier molecular flexibility index (Phi) is 11.8. The van der Waals surface area contributed by atoms with Crippen molar-refractivity contribution >= 4 is 21.8 Å². The van der Waals surface area contributed by atoms with Crippen LogP contribution in [-0.2, 0) is 17.7 Å². The van der Waals surface area contributed by atoms with Gasteiger partial charge in [0, 0.05) is 24.1 Å².